The smallest absolute Gasteiger partial charge is 0.224 e. The zero-order valence-corrected chi connectivity index (χ0v) is 12.7. The summed E-state index contributed by atoms with van der Waals surface area (Å²) in [5, 5.41) is 6.35. The van der Waals surface area contributed by atoms with Crippen LogP contribution in [0.2, 0.25) is 0 Å². The molecule has 0 aliphatic rings. The van der Waals surface area contributed by atoms with Gasteiger partial charge < -0.3 is 20.1 Å². The van der Waals surface area contributed by atoms with Crippen LogP contribution in [0, 0.1) is 6.92 Å². The Bertz CT molecular complexity index is 594. The maximum Gasteiger partial charge on any atom is 0.224 e. The van der Waals surface area contributed by atoms with Crippen molar-refractivity contribution >= 4 is 17.5 Å². The van der Waals surface area contributed by atoms with Crippen molar-refractivity contribution in [2.45, 2.75) is 13.8 Å². The summed E-state index contributed by atoms with van der Waals surface area (Å²) < 4.78 is 10.5. The minimum Gasteiger partial charge on any atom is -0.497 e. The highest BCUT2D eigenvalue weighted by Crippen LogP contribution is 2.27. The van der Waals surface area contributed by atoms with Crippen LogP contribution < -0.4 is 20.1 Å². The van der Waals surface area contributed by atoms with E-state index < -0.39 is 0 Å². The summed E-state index contributed by atoms with van der Waals surface area (Å²) in [7, 11) is 3.24. The summed E-state index contributed by atoms with van der Waals surface area (Å²) in [6, 6.07) is 7.47. The summed E-state index contributed by atoms with van der Waals surface area (Å²) >= 11 is 0. The van der Waals surface area contributed by atoms with Crippen molar-refractivity contribution in [3.05, 3.63) is 30.0 Å². The molecule has 0 unspecified atom stereocenters. The van der Waals surface area contributed by atoms with Crippen molar-refractivity contribution in [2.75, 3.05) is 31.4 Å². The van der Waals surface area contributed by atoms with Crippen molar-refractivity contribution < 1.29 is 9.47 Å². The number of ether oxygens (including phenoxy) is 2. The van der Waals surface area contributed by atoms with E-state index in [1.807, 2.05) is 38.1 Å². The third kappa shape index (κ3) is 3.98. The number of methoxy groups -OCH3 is 2. The predicted octanol–water partition coefficient (Wildman–Crippen LogP) is 2.98. The predicted molar refractivity (Wildman–Crippen MR) is 83.8 cm³/mol. The molecule has 6 heteroatoms. The fourth-order valence-corrected chi connectivity index (χ4v) is 1.90. The van der Waals surface area contributed by atoms with E-state index in [1.54, 1.807) is 14.2 Å². The number of nitrogens with one attached hydrogen (secondary N) is 2. The number of nitrogens with zero attached hydrogens (tertiary/aromatic N) is 2. The zero-order valence-electron chi connectivity index (χ0n) is 12.7. The zero-order chi connectivity index (χ0) is 15.2. The van der Waals surface area contributed by atoms with Crippen LogP contribution >= 0.6 is 0 Å². The molecule has 21 heavy (non-hydrogen) atoms. The lowest BCUT2D eigenvalue weighted by molar-refractivity contribution is 0.395. The van der Waals surface area contributed by atoms with Gasteiger partial charge in [-0.2, -0.15) is 4.98 Å². The largest absolute Gasteiger partial charge is 0.497 e. The monoisotopic (exact) mass is 288 g/mol. The molecule has 1 aromatic heterocycles. The van der Waals surface area contributed by atoms with Gasteiger partial charge in [0.15, 0.2) is 0 Å². The van der Waals surface area contributed by atoms with E-state index >= 15 is 0 Å². The van der Waals surface area contributed by atoms with Crippen molar-refractivity contribution in [1.82, 2.24) is 9.97 Å². The quantitative estimate of drug-likeness (QED) is 0.851. The number of benzene rings is 1. The Hall–Kier alpha value is -2.50. The van der Waals surface area contributed by atoms with Gasteiger partial charge in [-0.15, -0.1) is 0 Å². The van der Waals surface area contributed by atoms with Crippen LogP contribution in [0.25, 0.3) is 0 Å². The van der Waals surface area contributed by atoms with E-state index in [9.17, 15) is 0 Å². The van der Waals surface area contributed by atoms with Gasteiger partial charge in [-0.05, 0) is 13.8 Å². The lowest BCUT2D eigenvalue weighted by atomic mass is 10.2. The third-order valence-corrected chi connectivity index (χ3v) is 2.81. The standard InChI is InChI=1S/C15H20N4O2/c1-5-16-15-17-10(2)6-14(19-15)18-11-7-12(20-3)9-13(8-11)21-4/h6-9H,5H2,1-4H3,(H2,16,17,18,19). The Kier molecular flexibility index (Phi) is 4.81. The van der Waals surface area contributed by atoms with E-state index in [0.717, 1.165) is 29.4 Å². The molecule has 0 amide bonds. The summed E-state index contributed by atoms with van der Waals surface area (Å²) in [5.74, 6) is 2.76. The number of aryl methyl sites for hydroxylation is 1. The molecule has 0 radical (unpaired) electrons. The molecule has 0 bridgehead atoms. The molecule has 2 aromatic rings. The minimum atomic E-state index is 0.606. The van der Waals surface area contributed by atoms with Crippen molar-refractivity contribution in [2.24, 2.45) is 0 Å². The summed E-state index contributed by atoms with van der Waals surface area (Å²) in [5.41, 5.74) is 1.73. The molecule has 6 nitrogen and oxygen atoms in total. The molecule has 0 aliphatic carbocycles. The molecule has 0 aliphatic heterocycles. The van der Waals surface area contributed by atoms with Gasteiger partial charge in [-0.3, -0.25) is 0 Å². The second kappa shape index (κ2) is 6.78. The average molecular weight is 288 g/mol. The number of anilines is 3. The van der Waals surface area contributed by atoms with E-state index in [4.69, 9.17) is 9.47 Å². The highest BCUT2D eigenvalue weighted by molar-refractivity contribution is 5.62. The number of hydrogen-bond acceptors (Lipinski definition) is 6. The highest BCUT2D eigenvalue weighted by atomic mass is 16.5. The first-order chi connectivity index (χ1) is 10.1. The average Bonchev–Trinajstić information content (AvgIpc) is 2.46. The first kappa shape index (κ1) is 14.9. The molecule has 2 N–H and O–H groups in total. The first-order valence-corrected chi connectivity index (χ1v) is 6.74. The molecule has 0 saturated heterocycles. The molecule has 0 saturated carbocycles. The summed E-state index contributed by atoms with van der Waals surface area (Å²) in [6.45, 7) is 4.71. The Balaban J connectivity index is 2.28. The Morgan fingerprint density at radius 1 is 1.00 bits per heavy atom. The Labute approximate surface area is 124 Å². The maximum absolute atomic E-state index is 5.26. The number of hydrogen-bond donors (Lipinski definition) is 2. The van der Waals surface area contributed by atoms with Gasteiger partial charge in [0, 0.05) is 42.2 Å². The van der Waals surface area contributed by atoms with Gasteiger partial charge in [-0.25, -0.2) is 4.98 Å². The van der Waals surface area contributed by atoms with Gasteiger partial charge in [0.05, 0.1) is 14.2 Å². The van der Waals surface area contributed by atoms with Crippen molar-refractivity contribution in [3.63, 3.8) is 0 Å². The van der Waals surface area contributed by atoms with Gasteiger partial charge >= 0.3 is 0 Å². The molecular formula is C15H20N4O2. The van der Waals surface area contributed by atoms with Crippen LogP contribution in [-0.4, -0.2) is 30.7 Å². The van der Waals surface area contributed by atoms with Crippen LogP contribution in [0.5, 0.6) is 11.5 Å². The summed E-state index contributed by atoms with van der Waals surface area (Å²) in [4.78, 5) is 8.74. The summed E-state index contributed by atoms with van der Waals surface area (Å²) in [6.07, 6.45) is 0. The second-order valence-corrected chi connectivity index (χ2v) is 4.47. The van der Waals surface area contributed by atoms with Crippen LogP contribution in [0.3, 0.4) is 0 Å². The first-order valence-electron chi connectivity index (χ1n) is 6.74. The van der Waals surface area contributed by atoms with E-state index in [-0.39, 0.29) is 0 Å². The molecule has 112 valence electrons. The lowest BCUT2D eigenvalue weighted by Gasteiger charge is -2.11. The normalized spacial score (nSPS) is 10.1. The van der Waals surface area contributed by atoms with Crippen molar-refractivity contribution in [1.29, 1.82) is 0 Å². The Morgan fingerprint density at radius 3 is 2.24 bits per heavy atom. The fraction of sp³-hybridized carbons (Fsp3) is 0.333. The van der Waals surface area contributed by atoms with Gasteiger partial charge in [0.1, 0.15) is 17.3 Å². The molecule has 0 spiro atoms. The highest BCUT2D eigenvalue weighted by Gasteiger charge is 2.05. The topological polar surface area (TPSA) is 68.3 Å². The van der Waals surface area contributed by atoms with Gasteiger partial charge in [-0.1, -0.05) is 0 Å². The Morgan fingerprint density at radius 2 is 1.67 bits per heavy atom. The molecular weight excluding hydrogens is 268 g/mol. The SMILES string of the molecule is CCNc1nc(C)cc(Nc2cc(OC)cc(OC)c2)n1. The molecule has 1 aromatic carbocycles. The van der Waals surface area contributed by atoms with Gasteiger partial charge in [0.25, 0.3) is 0 Å². The van der Waals surface area contributed by atoms with Crippen LogP contribution in [0.1, 0.15) is 12.6 Å². The van der Waals surface area contributed by atoms with Crippen LogP contribution in [0.15, 0.2) is 24.3 Å². The third-order valence-electron chi connectivity index (χ3n) is 2.81. The van der Waals surface area contributed by atoms with Crippen molar-refractivity contribution in [3.8, 4) is 11.5 Å². The van der Waals surface area contributed by atoms with E-state index in [1.165, 1.54) is 0 Å². The van der Waals surface area contributed by atoms with E-state index in [2.05, 4.69) is 20.6 Å². The maximum atomic E-state index is 5.26. The molecule has 0 fully saturated rings. The van der Waals surface area contributed by atoms with E-state index in [0.29, 0.717) is 11.8 Å². The van der Waals surface area contributed by atoms with Crippen LogP contribution in [0.4, 0.5) is 17.5 Å². The molecule has 2 rings (SSSR count). The second-order valence-electron chi connectivity index (χ2n) is 4.47. The van der Waals surface area contributed by atoms with Gasteiger partial charge in [0.2, 0.25) is 5.95 Å². The lowest BCUT2D eigenvalue weighted by Crippen LogP contribution is -2.05. The number of rotatable bonds is 6. The number of aromatic nitrogens is 2. The van der Waals surface area contributed by atoms with Crippen LogP contribution in [-0.2, 0) is 0 Å². The minimum absolute atomic E-state index is 0.606. The molecule has 1 heterocycles. The fourth-order valence-electron chi connectivity index (χ4n) is 1.90. The molecule has 0 atom stereocenters.